The summed E-state index contributed by atoms with van der Waals surface area (Å²) in [6, 6.07) is 2.54. The highest BCUT2D eigenvalue weighted by Gasteiger charge is 2.23. The van der Waals surface area contributed by atoms with Crippen molar-refractivity contribution in [3.8, 4) is 0 Å². The summed E-state index contributed by atoms with van der Waals surface area (Å²) in [7, 11) is 0. The fraction of sp³-hybridized carbons (Fsp3) is 0.417. The first-order valence-electron chi connectivity index (χ1n) is 5.56. The van der Waals surface area contributed by atoms with Crippen LogP contribution in [0.2, 0.25) is 0 Å². The van der Waals surface area contributed by atoms with Crippen LogP contribution in [0.1, 0.15) is 30.6 Å². The number of rotatable bonds is 5. The molecule has 1 aromatic heterocycles. The topological polar surface area (TPSA) is 85.1 Å². The Morgan fingerprint density at radius 1 is 1.41 bits per heavy atom. The molecule has 0 saturated carbocycles. The standard InChI is InChI=1S/C12H17N3O2/c1-3-8(2)10(11(13)16)15-12(17)9-4-6-14-7-5-9/h4-8,10H,3H2,1-2H3,(H2,13,16)(H,15,17)/t8-,10+/m0/s1. The van der Waals surface area contributed by atoms with E-state index in [9.17, 15) is 9.59 Å². The molecule has 1 aromatic rings. The molecular weight excluding hydrogens is 218 g/mol. The number of primary amides is 1. The maximum atomic E-state index is 11.8. The van der Waals surface area contributed by atoms with Gasteiger partial charge in [0.2, 0.25) is 5.91 Å². The summed E-state index contributed by atoms with van der Waals surface area (Å²) in [5.41, 5.74) is 5.74. The van der Waals surface area contributed by atoms with Crippen molar-refractivity contribution < 1.29 is 9.59 Å². The summed E-state index contributed by atoms with van der Waals surface area (Å²) in [5.74, 6) is -0.809. The summed E-state index contributed by atoms with van der Waals surface area (Å²) >= 11 is 0. The van der Waals surface area contributed by atoms with Crippen LogP contribution in [0.4, 0.5) is 0 Å². The van der Waals surface area contributed by atoms with E-state index in [1.807, 2.05) is 13.8 Å². The van der Waals surface area contributed by atoms with Crippen LogP contribution in [0.5, 0.6) is 0 Å². The number of aromatic nitrogens is 1. The molecule has 5 heteroatoms. The molecule has 1 heterocycles. The third kappa shape index (κ3) is 3.55. The Balaban J connectivity index is 2.75. The molecule has 92 valence electrons. The molecule has 2 amide bonds. The number of nitrogens with one attached hydrogen (secondary N) is 1. The Hall–Kier alpha value is -1.91. The SMILES string of the molecule is CC[C@H](C)[C@@H](NC(=O)c1ccncc1)C(N)=O. The molecule has 0 fully saturated rings. The maximum absolute atomic E-state index is 11.8. The average molecular weight is 235 g/mol. The molecule has 5 nitrogen and oxygen atoms in total. The number of hydrogen-bond acceptors (Lipinski definition) is 3. The van der Waals surface area contributed by atoms with Gasteiger partial charge >= 0.3 is 0 Å². The van der Waals surface area contributed by atoms with Crippen LogP contribution in [-0.2, 0) is 4.79 Å². The van der Waals surface area contributed by atoms with Crippen molar-refractivity contribution >= 4 is 11.8 Å². The molecule has 0 aromatic carbocycles. The van der Waals surface area contributed by atoms with Crippen LogP contribution < -0.4 is 11.1 Å². The molecule has 0 aliphatic heterocycles. The monoisotopic (exact) mass is 235 g/mol. The second-order valence-corrected chi connectivity index (χ2v) is 3.97. The molecule has 0 unspecified atom stereocenters. The van der Waals surface area contributed by atoms with Gasteiger partial charge in [-0.2, -0.15) is 0 Å². The van der Waals surface area contributed by atoms with E-state index in [-0.39, 0.29) is 11.8 Å². The molecular formula is C12H17N3O2. The minimum absolute atomic E-state index is 0.0123. The first kappa shape index (κ1) is 13.2. The van der Waals surface area contributed by atoms with E-state index >= 15 is 0 Å². The van der Waals surface area contributed by atoms with Crippen molar-refractivity contribution in [2.24, 2.45) is 11.7 Å². The van der Waals surface area contributed by atoms with Gasteiger partial charge in [-0.1, -0.05) is 20.3 Å². The molecule has 0 aliphatic carbocycles. The van der Waals surface area contributed by atoms with Crippen molar-refractivity contribution in [3.63, 3.8) is 0 Å². The van der Waals surface area contributed by atoms with Gasteiger partial charge in [0, 0.05) is 18.0 Å². The van der Waals surface area contributed by atoms with Gasteiger partial charge in [0.15, 0.2) is 0 Å². The Bertz CT molecular complexity index is 392. The predicted molar refractivity (Wildman–Crippen MR) is 64.1 cm³/mol. The molecule has 0 bridgehead atoms. The van der Waals surface area contributed by atoms with Crippen LogP contribution in [0.15, 0.2) is 24.5 Å². The zero-order valence-corrected chi connectivity index (χ0v) is 10.0. The summed E-state index contributed by atoms with van der Waals surface area (Å²) < 4.78 is 0. The minimum atomic E-state index is -0.638. The quantitative estimate of drug-likeness (QED) is 0.788. The minimum Gasteiger partial charge on any atom is -0.368 e. The molecule has 17 heavy (non-hydrogen) atoms. The largest absolute Gasteiger partial charge is 0.368 e. The van der Waals surface area contributed by atoms with Gasteiger partial charge in [-0.15, -0.1) is 0 Å². The van der Waals surface area contributed by atoms with E-state index in [4.69, 9.17) is 5.73 Å². The van der Waals surface area contributed by atoms with Crippen molar-refractivity contribution in [1.82, 2.24) is 10.3 Å². The van der Waals surface area contributed by atoms with Gasteiger partial charge in [-0.25, -0.2) is 0 Å². The number of pyridine rings is 1. The maximum Gasteiger partial charge on any atom is 0.252 e. The first-order valence-corrected chi connectivity index (χ1v) is 5.56. The summed E-state index contributed by atoms with van der Waals surface area (Å²) in [4.78, 5) is 26.9. The van der Waals surface area contributed by atoms with Crippen molar-refractivity contribution in [1.29, 1.82) is 0 Å². The molecule has 0 radical (unpaired) electrons. The Morgan fingerprint density at radius 2 is 2.00 bits per heavy atom. The lowest BCUT2D eigenvalue weighted by Gasteiger charge is -2.21. The summed E-state index contributed by atoms with van der Waals surface area (Å²) in [6.45, 7) is 3.82. The Morgan fingerprint density at radius 3 is 2.47 bits per heavy atom. The van der Waals surface area contributed by atoms with Crippen LogP contribution in [0, 0.1) is 5.92 Å². The van der Waals surface area contributed by atoms with Gasteiger partial charge < -0.3 is 11.1 Å². The van der Waals surface area contributed by atoms with Gasteiger partial charge in [-0.3, -0.25) is 14.6 Å². The van der Waals surface area contributed by atoms with E-state index in [1.165, 1.54) is 12.4 Å². The van der Waals surface area contributed by atoms with Gasteiger partial charge in [0.1, 0.15) is 6.04 Å². The predicted octanol–water partition coefficient (Wildman–Crippen LogP) is 0.711. The highest BCUT2D eigenvalue weighted by Crippen LogP contribution is 2.08. The lowest BCUT2D eigenvalue weighted by Crippen LogP contribution is -2.48. The Labute approximate surface area is 100 Å². The van der Waals surface area contributed by atoms with Crippen molar-refractivity contribution in [3.05, 3.63) is 30.1 Å². The van der Waals surface area contributed by atoms with Gasteiger partial charge in [-0.05, 0) is 18.1 Å². The van der Waals surface area contributed by atoms with Gasteiger partial charge in [0.25, 0.3) is 5.91 Å². The van der Waals surface area contributed by atoms with Crippen LogP contribution in [-0.4, -0.2) is 22.8 Å². The number of nitrogens with two attached hydrogens (primary N) is 1. The Kier molecular flexibility index (Phi) is 4.63. The molecule has 0 aliphatic rings. The molecule has 0 spiro atoms. The second-order valence-electron chi connectivity index (χ2n) is 3.97. The lowest BCUT2D eigenvalue weighted by atomic mass is 9.98. The summed E-state index contributed by atoms with van der Waals surface area (Å²) in [6.07, 6.45) is 3.82. The number of nitrogens with zero attached hydrogens (tertiary/aromatic N) is 1. The zero-order chi connectivity index (χ0) is 12.8. The van der Waals surface area contributed by atoms with E-state index < -0.39 is 11.9 Å². The van der Waals surface area contributed by atoms with E-state index in [0.717, 1.165) is 6.42 Å². The fourth-order valence-electron chi connectivity index (χ4n) is 1.46. The van der Waals surface area contributed by atoms with Crippen LogP contribution in [0.3, 0.4) is 0 Å². The highest BCUT2D eigenvalue weighted by molar-refractivity contribution is 5.97. The molecule has 0 saturated heterocycles. The summed E-state index contributed by atoms with van der Waals surface area (Å²) in [5, 5.41) is 2.64. The highest BCUT2D eigenvalue weighted by atomic mass is 16.2. The number of hydrogen-bond donors (Lipinski definition) is 2. The number of amides is 2. The second kappa shape index (κ2) is 5.98. The van der Waals surface area contributed by atoms with Crippen molar-refractivity contribution in [2.75, 3.05) is 0 Å². The number of carbonyl (C=O) groups excluding carboxylic acids is 2. The van der Waals surface area contributed by atoms with E-state index in [0.29, 0.717) is 5.56 Å². The normalized spacial score (nSPS) is 13.8. The smallest absolute Gasteiger partial charge is 0.252 e. The average Bonchev–Trinajstić information content (AvgIpc) is 2.35. The zero-order valence-electron chi connectivity index (χ0n) is 10.0. The molecule has 3 N–H and O–H groups in total. The van der Waals surface area contributed by atoms with E-state index in [2.05, 4.69) is 10.3 Å². The molecule has 1 rings (SSSR count). The first-order chi connectivity index (χ1) is 8.06. The molecule has 2 atom stereocenters. The van der Waals surface area contributed by atoms with Gasteiger partial charge in [0.05, 0.1) is 0 Å². The fourth-order valence-corrected chi connectivity index (χ4v) is 1.46. The van der Waals surface area contributed by atoms with Crippen LogP contribution in [0.25, 0.3) is 0 Å². The lowest BCUT2D eigenvalue weighted by molar-refractivity contribution is -0.120. The number of carbonyl (C=O) groups is 2. The van der Waals surface area contributed by atoms with Crippen molar-refractivity contribution in [2.45, 2.75) is 26.3 Å². The van der Waals surface area contributed by atoms with Crippen LogP contribution >= 0.6 is 0 Å². The third-order valence-corrected chi connectivity index (χ3v) is 2.75. The van der Waals surface area contributed by atoms with E-state index in [1.54, 1.807) is 12.1 Å². The third-order valence-electron chi connectivity index (χ3n) is 2.75.